The van der Waals surface area contributed by atoms with E-state index in [1.807, 2.05) is 6.26 Å². The van der Waals surface area contributed by atoms with Gasteiger partial charge in [0.2, 0.25) is 10.9 Å². The summed E-state index contributed by atoms with van der Waals surface area (Å²) in [5.74, 6) is -0.0718. The van der Waals surface area contributed by atoms with Gasteiger partial charge in [-0.25, -0.2) is 0 Å². The fourth-order valence-corrected chi connectivity index (χ4v) is 2.73. The van der Waals surface area contributed by atoms with Crippen molar-refractivity contribution in [1.29, 1.82) is 0 Å². The van der Waals surface area contributed by atoms with Gasteiger partial charge < -0.3 is 9.47 Å². The zero-order valence-electron chi connectivity index (χ0n) is 12.1. The number of nitrogens with zero attached hydrogens (tertiary/aromatic N) is 3. The molecule has 0 atom stereocenters. The van der Waals surface area contributed by atoms with Gasteiger partial charge in [0.25, 0.3) is 5.91 Å². The normalized spacial score (nSPS) is 10.2. The molecule has 2 aromatic rings. The second kappa shape index (κ2) is 7.74. The molecular formula is C12H12N4O5S2. The number of nitro benzene ring substituents is 1. The van der Waals surface area contributed by atoms with Gasteiger partial charge in [-0.2, -0.15) is 0 Å². The first kappa shape index (κ1) is 17.0. The molecule has 0 radical (unpaired) electrons. The summed E-state index contributed by atoms with van der Waals surface area (Å²) in [5, 5.41) is 21.4. The molecule has 0 bridgehead atoms. The van der Waals surface area contributed by atoms with E-state index < -0.39 is 10.8 Å². The number of carbonyl (C=O) groups excluding carboxylic acids is 1. The number of thioether (sulfide) groups is 1. The first-order valence-corrected chi connectivity index (χ1v) is 8.20. The van der Waals surface area contributed by atoms with Gasteiger partial charge in [0.1, 0.15) is 5.75 Å². The van der Waals surface area contributed by atoms with Crippen molar-refractivity contribution < 1.29 is 19.2 Å². The molecule has 1 aromatic heterocycles. The average molecular weight is 356 g/mol. The molecule has 1 N–H and O–H groups in total. The van der Waals surface area contributed by atoms with Gasteiger partial charge in [0.15, 0.2) is 10.9 Å². The zero-order chi connectivity index (χ0) is 16.8. The third-order valence-electron chi connectivity index (χ3n) is 2.55. The van der Waals surface area contributed by atoms with Crippen molar-refractivity contribution in [3.63, 3.8) is 0 Å². The summed E-state index contributed by atoms with van der Waals surface area (Å²) in [7, 11) is 1.32. The van der Waals surface area contributed by atoms with E-state index >= 15 is 0 Å². The Balaban J connectivity index is 1.94. The van der Waals surface area contributed by atoms with Crippen LogP contribution in [-0.2, 0) is 4.79 Å². The van der Waals surface area contributed by atoms with Crippen LogP contribution in [0.3, 0.4) is 0 Å². The number of hydrogen-bond acceptors (Lipinski definition) is 9. The Hall–Kier alpha value is -2.40. The largest absolute Gasteiger partial charge is 0.490 e. The van der Waals surface area contributed by atoms with Crippen LogP contribution in [0.2, 0.25) is 0 Å². The minimum Gasteiger partial charge on any atom is -0.490 e. The van der Waals surface area contributed by atoms with Crippen LogP contribution >= 0.6 is 23.1 Å². The number of nitrogens with one attached hydrogen (secondary N) is 1. The van der Waals surface area contributed by atoms with Gasteiger partial charge >= 0.3 is 5.69 Å². The Morgan fingerprint density at radius 1 is 1.48 bits per heavy atom. The predicted molar refractivity (Wildman–Crippen MR) is 85.5 cm³/mol. The highest BCUT2D eigenvalue weighted by Gasteiger charge is 2.16. The maximum Gasteiger partial charge on any atom is 0.311 e. The predicted octanol–water partition coefficient (Wildman–Crippen LogP) is 2.19. The monoisotopic (exact) mass is 356 g/mol. The topological polar surface area (TPSA) is 116 Å². The van der Waals surface area contributed by atoms with E-state index in [9.17, 15) is 14.9 Å². The maximum atomic E-state index is 11.8. The fraction of sp³-hybridized carbons (Fsp3) is 0.250. The van der Waals surface area contributed by atoms with Gasteiger partial charge in [-0.3, -0.25) is 20.2 Å². The summed E-state index contributed by atoms with van der Waals surface area (Å²) in [4.78, 5) is 22.0. The van der Waals surface area contributed by atoms with Crippen molar-refractivity contribution in [2.45, 2.75) is 4.34 Å². The first-order valence-electron chi connectivity index (χ1n) is 6.16. The Labute approximate surface area is 139 Å². The summed E-state index contributed by atoms with van der Waals surface area (Å²) in [6.45, 7) is -0.269. The van der Waals surface area contributed by atoms with Crippen molar-refractivity contribution in [3.05, 3.63) is 28.3 Å². The van der Waals surface area contributed by atoms with E-state index in [0.717, 1.165) is 4.34 Å². The van der Waals surface area contributed by atoms with E-state index in [2.05, 4.69) is 15.5 Å². The summed E-state index contributed by atoms with van der Waals surface area (Å²) in [6, 6.07) is 3.99. The van der Waals surface area contributed by atoms with Crippen LogP contribution in [0, 0.1) is 10.1 Å². The molecule has 0 spiro atoms. The third kappa shape index (κ3) is 4.53. The number of rotatable bonds is 7. The van der Waals surface area contributed by atoms with Crippen LogP contribution in [0.5, 0.6) is 11.5 Å². The average Bonchev–Trinajstić information content (AvgIpc) is 3.00. The molecule has 0 aliphatic carbocycles. The van der Waals surface area contributed by atoms with Crippen LogP contribution in [-0.4, -0.2) is 41.0 Å². The van der Waals surface area contributed by atoms with Gasteiger partial charge in [-0.1, -0.05) is 23.1 Å². The van der Waals surface area contributed by atoms with Crippen LogP contribution < -0.4 is 14.8 Å². The number of methoxy groups -OCH3 is 1. The number of benzene rings is 1. The van der Waals surface area contributed by atoms with E-state index in [1.165, 1.54) is 48.4 Å². The summed E-state index contributed by atoms with van der Waals surface area (Å²) < 4.78 is 10.9. The van der Waals surface area contributed by atoms with Crippen LogP contribution in [0.15, 0.2) is 22.5 Å². The molecule has 0 saturated carbocycles. The number of amides is 1. The van der Waals surface area contributed by atoms with E-state index in [1.54, 1.807) is 0 Å². The number of carbonyl (C=O) groups is 1. The molecule has 0 fully saturated rings. The van der Waals surface area contributed by atoms with E-state index in [4.69, 9.17) is 9.47 Å². The van der Waals surface area contributed by atoms with E-state index in [0.29, 0.717) is 5.13 Å². The second-order valence-electron chi connectivity index (χ2n) is 4.00. The van der Waals surface area contributed by atoms with Crippen LogP contribution in [0.1, 0.15) is 0 Å². The van der Waals surface area contributed by atoms with Crippen molar-refractivity contribution in [2.24, 2.45) is 0 Å². The summed E-state index contributed by atoms with van der Waals surface area (Å²) >= 11 is 2.68. The highest BCUT2D eigenvalue weighted by atomic mass is 32.2. The summed E-state index contributed by atoms with van der Waals surface area (Å²) in [6.07, 6.45) is 1.86. The van der Waals surface area contributed by atoms with Gasteiger partial charge in [-0.05, 0) is 12.3 Å². The maximum absolute atomic E-state index is 11.8. The van der Waals surface area contributed by atoms with Gasteiger partial charge in [0, 0.05) is 12.1 Å². The molecule has 1 amide bonds. The smallest absolute Gasteiger partial charge is 0.311 e. The molecule has 122 valence electrons. The highest BCUT2D eigenvalue weighted by molar-refractivity contribution is 8.00. The molecule has 23 heavy (non-hydrogen) atoms. The number of aromatic nitrogens is 2. The summed E-state index contributed by atoms with van der Waals surface area (Å²) in [5.41, 5.74) is -0.178. The number of hydrogen-bond donors (Lipinski definition) is 1. The Bertz CT molecular complexity index is 721. The third-order valence-corrected chi connectivity index (χ3v) is 4.36. The lowest BCUT2D eigenvalue weighted by molar-refractivity contribution is -0.385. The van der Waals surface area contributed by atoms with Gasteiger partial charge in [0.05, 0.1) is 12.0 Å². The van der Waals surface area contributed by atoms with Crippen molar-refractivity contribution >= 4 is 39.8 Å². The quantitative estimate of drug-likeness (QED) is 0.347. The number of ether oxygens (including phenoxy) is 2. The van der Waals surface area contributed by atoms with E-state index in [-0.39, 0.29) is 23.8 Å². The van der Waals surface area contributed by atoms with Crippen LogP contribution in [0.25, 0.3) is 0 Å². The standard InChI is InChI=1S/C12H12N4O5S2/c1-20-9-5-7(3-4-8(9)16(18)19)21-6-10(17)13-11-14-15-12(22-2)23-11/h3-5H,6H2,1-2H3,(H,13,14,17). The molecule has 0 aliphatic rings. The molecule has 0 saturated heterocycles. The minimum atomic E-state index is -0.561. The fourth-order valence-electron chi connectivity index (χ4n) is 1.55. The van der Waals surface area contributed by atoms with Gasteiger partial charge in [-0.15, -0.1) is 10.2 Å². The lowest BCUT2D eigenvalue weighted by Crippen LogP contribution is -2.20. The molecule has 1 aromatic carbocycles. The molecule has 9 nitrogen and oxygen atoms in total. The molecular weight excluding hydrogens is 344 g/mol. The number of nitro groups is 1. The van der Waals surface area contributed by atoms with Crippen molar-refractivity contribution in [1.82, 2.24) is 10.2 Å². The Morgan fingerprint density at radius 3 is 2.87 bits per heavy atom. The van der Waals surface area contributed by atoms with Crippen LogP contribution in [0.4, 0.5) is 10.8 Å². The highest BCUT2D eigenvalue weighted by Crippen LogP contribution is 2.30. The minimum absolute atomic E-state index is 0.0571. The Morgan fingerprint density at radius 2 is 2.26 bits per heavy atom. The molecule has 0 aliphatic heterocycles. The van der Waals surface area contributed by atoms with Crippen molar-refractivity contribution in [2.75, 3.05) is 25.3 Å². The molecule has 2 rings (SSSR count). The zero-order valence-corrected chi connectivity index (χ0v) is 13.8. The Kier molecular flexibility index (Phi) is 5.71. The van der Waals surface area contributed by atoms with Crippen molar-refractivity contribution in [3.8, 4) is 11.5 Å². The molecule has 1 heterocycles. The SMILES string of the molecule is COc1cc(OCC(=O)Nc2nnc(SC)s2)ccc1[N+](=O)[O-]. The number of anilines is 1. The first-order chi connectivity index (χ1) is 11.0. The lowest BCUT2D eigenvalue weighted by atomic mass is 10.3. The second-order valence-corrected chi connectivity index (χ2v) is 6.04. The molecule has 11 heteroatoms. The lowest BCUT2D eigenvalue weighted by Gasteiger charge is -2.07. The molecule has 0 unspecified atom stereocenters.